The monoisotopic (exact) mass is 512 g/mol. The van der Waals surface area contributed by atoms with Crippen molar-refractivity contribution in [2.75, 3.05) is 0 Å². The average Bonchev–Trinajstić information content (AvgIpc) is 2.94. The summed E-state index contributed by atoms with van der Waals surface area (Å²) >= 11 is 0. The first-order chi connectivity index (χ1) is 18.2. The number of phenolic OH excluding ortho intramolecular Hbond substituents is 3. The summed E-state index contributed by atoms with van der Waals surface area (Å²) in [5.41, 5.74) is 10.7. The third-order valence-corrected chi connectivity index (χ3v) is 9.82. The van der Waals surface area contributed by atoms with Gasteiger partial charge in [0.25, 0.3) is 0 Å². The van der Waals surface area contributed by atoms with Gasteiger partial charge in [-0.05, 0) is 140 Å². The van der Waals surface area contributed by atoms with E-state index < -0.39 is 0 Å². The van der Waals surface area contributed by atoms with Crippen LogP contribution in [0.1, 0.15) is 115 Å². The van der Waals surface area contributed by atoms with Crippen molar-refractivity contribution in [2.45, 2.75) is 111 Å². The summed E-state index contributed by atoms with van der Waals surface area (Å²) in [7, 11) is 0. The van der Waals surface area contributed by atoms with Gasteiger partial charge in [-0.25, -0.2) is 0 Å². The Morgan fingerprint density at radius 3 is 1.45 bits per heavy atom. The number of phenols is 3. The number of benzene rings is 3. The molecule has 0 spiro atoms. The zero-order valence-electron chi connectivity index (χ0n) is 23.9. The molecule has 2 aliphatic rings. The molecule has 0 bridgehead atoms. The zero-order valence-corrected chi connectivity index (χ0v) is 23.9. The molecule has 0 saturated heterocycles. The molecule has 3 aromatic rings. The van der Waals surface area contributed by atoms with Crippen molar-refractivity contribution in [3.8, 4) is 39.5 Å². The second-order valence-electron chi connectivity index (χ2n) is 12.0. The summed E-state index contributed by atoms with van der Waals surface area (Å²) in [5, 5.41) is 34.0. The van der Waals surface area contributed by atoms with Crippen LogP contribution < -0.4 is 0 Å². The van der Waals surface area contributed by atoms with Crippen LogP contribution in [0.25, 0.3) is 22.3 Å². The average molecular weight is 513 g/mol. The lowest BCUT2D eigenvalue weighted by Gasteiger charge is -2.27. The summed E-state index contributed by atoms with van der Waals surface area (Å²) in [6.07, 6.45) is 11.8. The lowest BCUT2D eigenvalue weighted by atomic mass is 9.78. The van der Waals surface area contributed by atoms with Crippen molar-refractivity contribution in [1.82, 2.24) is 0 Å². The highest BCUT2D eigenvalue weighted by molar-refractivity contribution is 5.92. The standard InChI is InChI=1S/C35H44O3/c1-20-16-17-27(28-18-30(25-12-8-6-9-13-25)34(37)23(4)21(28)2)32(33(20)36)29-19-31(26-14-10-7-11-15-26)35(38)24(5)22(29)3/h16-19,25-26,36-38H,6-15H2,1-5H3. The molecule has 2 aliphatic carbocycles. The zero-order chi connectivity index (χ0) is 27.1. The maximum absolute atomic E-state index is 11.6. The van der Waals surface area contributed by atoms with Crippen LogP contribution in [0, 0.1) is 34.6 Å². The van der Waals surface area contributed by atoms with Crippen LogP contribution in [0.15, 0.2) is 24.3 Å². The predicted molar refractivity (Wildman–Crippen MR) is 158 cm³/mol. The van der Waals surface area contributed by atoms with Gasteiger partial charge in [0.1, 0.15) is 17.2 Å². The second-order valence-corrected chi connectivity index (χ2v) is 12.0. The van der Waals surface area contributed by atoms with Crippen molar-refractivity contribution in [1.29, 1.82) is 0 Å². The van der Waals surface area contributed by atoms with Crippen LogP contribution in [-0.4, -0.2) is 15.3 Å². The number of aromatic hydroxyl groups is 3. The van der Waals surface area contributed by atoms with Gasteiger partial charge in [0.15, 0.2) is 0 Å². The molecular formula is C35H44O3. The molecule has 38 heavy (non-hydrogen) atoms. The first kappa shape index (κ1) is 26.7. The maximum atomic E-state index is 11.6. The molecule has 0 heterocycles. The third-order valence-electron chi connectivity index (χ3n) is 9.82. The summed E-state index contributed by atoms with van der Waals surface area (Å²) in [6, 6.07) is 8.50. The molecule has 3 N–H and O–H groups in total. The molecule has 0 radical (unpaired) electrons. The van der Waals surface area contributed by atoms with E-state index in [2.05, 4.69) is 32.0 Å². The smallest absolute Gasteiger partial charge is 0.126 e. The maximum Gasteiger partial charge on any atom is 0.126 e. The Labute approximate surface area is 228 Å². The first-order valence-corrected chi connectivity index (χ1v) is 14.7. The number of aryl methyl sites for hydroxylation is 1. The van der Waals surface area contributed by atoms with E-state index in [1.54, 1.807) is 0 Å². The quantitative estimate of drug-likeness (QED) is 0.326. The van der Waals surface area contributed by atoms with Crippen molar-refractivity contribution in [3.05, 3.63) is 63.2 Å². The fourth-order valence-corrected chi connectivity index (χ4v) is 7.04. The van der Waals surface area contributed by atoms with Gasteiger partial charge in [-0.2, -0.15) is 0 Å². The van der Waals surface area contributed by atoms with E-state index in [1.807, 2.05) is 26.8 Å². The van der Waals surface area contributed by atoms with Gasteiger partial charge in [0, 0.05) is 5.56 Å². The second kappa shape index (κ2) is 10.7. The Bertz CT molecular complexity index is 1350. The minimum Gasteiger partial charge on any atom is -0.507 e. The summed E-state index contributed by atoms with van der Waals surface area (Å²) in [4.78, 5) is 0. The number of hydrogen-bond donors (Lipinski definition) is 3. The number of rotatable bonds is 4. The Balaban J connectivity index is 1.75. The van der Waals surface area contributed by atoms with Gasteiger partial charge in [-0.1, -0.05) is 50.7 Å². The largest absolute Gasteiger partial charge is 0.507 e. The third kappa shape index (κ3) is 4.59. The molecule has 3 heteroatoms. The highest BCUT2D eigenvalue weighted by atomic mass is 16.3. The van der Waals surface area contributed by atoms with Crippen molar-refractivity contribution in [2.24, 2.45) is 0 Å². The lowest BCUT2D eigenvalue weighted by Crippen LogP contribution is -2.07. The summed E-state index contributed by atoms with van der Waals surface area (Å²) in [5.74, 6) is 1.89. The van der Waals surface area contributed by atoms with E-state index in [9.17, 15) is 15.3 Å². The molecular weight excluding hydrogens is 468 g/mol. The van der Waals surface area contributed by atoms with E-state index in [4.69, 9.17) is 0 Å². The van der Waals surface area contributed by atoms with Crippen LogP contribution in [0.3, 0.4) is 0 Å². The van der Waals surface area contributed by atoms with Crippen LogP contribution in [0.4, 0.5) is 0 Å². The first-order valence-electron chi connectivity index (χ1n) is 14.7. The SMILES string of the molecule is Cc1ccc(-c2cc(C3CCCCC3)c(O)c(C)c2C)c(-c2cc(C3CCCCC3)c(O)c(C)c2C)c1O. The molecule has 0 atom stereocenters. The minimum atomic E-state index is 0.301. The topological polar surface area (TPSA) is 60.7 Å². The Kier molecular flexibility index (Phi) is 7.49. The summed E-state index contributed by atoms with van der Waals surface area (Å²) < 4.78 is 0. The molecule has 0 aromatic heterocycles. The van der Waals surface area contributed by atoms with E-state index in [1.165, 1.54) is 38.5 Å². The molecule has 3 aromatic carbocycles. The molecule has 3 nitrogen and oxygen atoms in total. The lowest BCUT2D eigenvalue weighted by molar-refractivity contribution is 0.412. The van der Waals surface area contributed by atoms with E-state index >= 15 is 0 Å². The van der Waals surface area contributed by atoms with Gasteiger partial charge >= 0.3 is 0 Å². The van der Waals surface area contributed by atoms with Crippen LogP contribution in [0.5, 0.6) is 17.2 Å². The Hall–Kier alpha value is -2.94. The molecule has 0 unspecified atom stereocenters. The van der Waals surface area contributed by atoms with E-state index in [-0.39, 0.29) is 0 Å². The molecule has 202 valence electrons. The minimum absolute atomic E-state index is 0.301. The molecule has 2 saturated carbocycles. The van der Waals surface area contributed by atoms with Crippen LogP contribution in [0.2, 0.25) is 0 Å². The van der Waals surface area contributed by atoms with E-state index in [0.717, 1.165) is 86.9 Å². The van der Waals surface area contributed by atoms with Crippen molar-refractivity contribution >= 4 is 0 Å². The highest BCUT2D eigenvalue weighted by Gasteiger charge is 2.27. The van der Waals surface area contributed by atoms with E-state index in [0.29, 0.717) is 29.1 Å². The fourth-order valence-electron chi connectivity index (χ4n) is 7.04. The van der Waals surface area contributed by atoms with Crippen LogP contribution >= 0.6 is 0 Å². The predicted octanol–water partition coefficient (Wildman–Crippen LogP) is 9.77. The van der Waals surface area contributed by atoms with Gasteiger partial charge in [-0.3, -0.25) is 0 Å². The van der Waals surface area contributed by atoms with Gasteiger partial charge in [0.2, 0.25) is 0 Å². The molecule has 2 fully saturated rings. The van der Waals surface area contributed by atoms with Crippen molar-refractivity contribution < 1.29 is 15.3 Å². The molecule has 5 rings (SSSR count). The highest BCUT2D eigenvalue weighted by Crippen LogP contribution is 2.50. The fraction of sp³-hybridized carbons (Fsp3) is 0.486. The van der Waals surface area contributed by atoms with Crippen LogP contribution in [-0.2, 0) is 0 Å². The Morgan fingerprint density at radius 2 is 0.947 bits per heavy atom. The van der Waals surface area contributed by atoms with Gasteiger partial charge in [-0.15, -0.1) is 0 Å². The van der Waals surface area contributed by atoms with Gasteiger partial charge in [0.05, 0.1) is 0 Å². The van der Waals surface area contributed by atoms with Gasteiger partial charge < -0.3 is 15.3 Å². The number of hydrogen-bond acceptors (Lipinski definition) is 3. The molecule has 0 amide bonds. The summed E-state index contributed by atoms with van der Waals surface area (Å²) in [6.45, 7) is 10.1. The normalized spacial score (nSPS) is 17.2. The molecule has 0 aliphatic heterocycles. The van der Waals surface area contributed by atoms with Crippen molar-refractivity contribution in [3.63, 3.8) is 0 Å². The Morgan fingerprint density at radius 1 is 0.500 bits per heavy atom.